The first-order valence-electron chi connectivity index (χ1n) is 9.71. The van der Waals surface area contributed by atoms with E-state index in [1.54, 1.807) is 24.3 Å². The number of halogens is 1. The van der Waals surface area contributed by atoms with Crippen LogP contribution in [0.4, 0.5) is 21.9 Å². The molecule has 3 rings (SSSR count). The van der Waals surface area contributed by atoms with E-state index in [0.29, 0.717) is 29.2 Å². The number of hydrogen-bond donors (Lipinski definition) is 5. The molecule has 4 amide bonds. The number of fused-ring (bicyclic) bond motifs is 1. The Morgan fingerprint density at radius 3 is 2.65 bits per heavy atom. The predicted molar refractivity (Wildman–Crippen MR) is 118 cm³/mol. The van der Waals surface area contributed by atoms with Gasteiger partial charge in [-0.05, 0) is 30.2 Å². The highest BCUT2D eigenvalue weighted by Gasteiger charge is 2.19. The van der Waals surface area contributed by atoms with E-state index in [9.17, 15) is 14.4 Å². The number of hydrogen-bond acceptors (Lipinski definition) is 5. The normalized spacial score (nSPS) is 13.3. The average molecular weight is 447 g/mol. The minimum absolute atomic E-state index is 0.102. The molecule has 5 N–H and O–H groups in total. The second-order valence-corrected chi connectivity index (χ2v) is 7.38. The van der Waals surface area contributed by atoms with Gasteiger partial charge in [-0.15, -0.1) is 0 Å². The van der Waals surface area contributed by atoms with Crippen LogP contribution in [-0.4, -0.2) is 42.2 Å². The molecule has 0 saturated carbocycles. The summed E-state index contributed by atoms with van der Waals surface area (Å²) in [7, 11) is 0. The fraction of sp³-hybridized carbons (Fsp3) is 0.286. The molecule has 0 bridgehead atoms. The summed E-state index contributed by atoms with van der Waals surface area (Å²) in [5.74, 6) is -0.0465. The van der Waals surface area contributed by atoms with Crippen molar-refractivity contribution in [2.45, 2.75) is 25.8 Å². The van der Waals surface area contributed by atoms with Gasteiger partial charge in [0, 0.05) is 11.8 Å². The lowest BCUT2D eigenvalue weighted by Gasteiger charge is -2.19. The molecule has 1 aliphatic heterocycles. The number of nitrogens with one attached hydrogen (secondary N) is 4. The van der Waals surface area contributed by atoms with E-state index in [-0.39, 0.29) is 42.5 Å². The van der Waals surface area contributed by atoms with Crippen LogP contribution in [0.1, 0.15) is 18.9 Å². The first kappa shape index (κ1) is 22.4. The second-order valence-electron chi connectivity index (χ2n) is 6.97. The predicted octanol–water partition coefficient (Wildman–Crippen LogP) is 2.74. The van der Waals surface area contributed by atoms with E-state index in [4.69, 9.17) is 21.4 Å². The van der Waals surface area contributed by atoms with E-state index < -0.39 is 6.03 Å². The van der Waals surface area contributed by atoms with Crippen LogP contribution in [0.5, 0.6) is 5.75 Å². The Morgan fingerprint density at radius 1 is 1.23 bits per heavy atom. The highest BCUT2D eigenvalue weighted by Crippen LogP contribution is 2.36. The maximum atomic E-state index is 12.3. The van der Waals surface area contributed by atoms with Gasteiger partial charge in [0.05, 0.1) is 35.5 Å². The number of aliphatic hydroxyl groups is 1. The van der Waals surface area contributed by atoms with Crippen LogP contribution in [0, 0.1) is 0 Å². The molecule has 0 spiro atoms. The Kier molecular flexibility index (Phi) is 7.32. The molecular formula is C21H23ClN4O5. The number of carbonyl (C=O) groups excluding carboxylic acids is 3. The molecule has 0 aromatic heterocycles. The molecule has 9 nitrogen and oxygen atoms in total. The third-order valence-corrected chi connectivity index (χ3v) is 4.92. The van der Waals surface area contributed by atoms with E-state index in [1.165, 1.54) is 12.1 Å². The molecule has 10 heteroatoms. The first-order chi connectivity index (χ1) is 14.9. The van der Waals surface area contributed by atoms with Gasteiger partial charge in [-0.3, -0.25) is 9.59 Å². The highest BCUT2D eigenvalue weighted by molar-refractivity contribution is 6.34. The minimum Gasteiger partial charge on any atom is -0.482 e. The molecule has 31 heavy (non-hydrogen) atoms. The van der Waals surface area contributed by atoms with Crippen molar-refractivity contribution in [2.75, 3.05) is 29.2 Å². The summed E-state index contributed by atoms with van der Waals surface area (Å²) < 4.78 is 5.33. The molecule has 0 fully saturated rings. The molecule has 1 heterocycles. The highest BCUT2D eigenvalue weighted by atomic mass is 35.5. The summed E-state index contributed by atoms with van der Waals surface area (Å²) in [5.41, 5.74) is 2.07. The summed E-state index contributed by atoms with van der Waals surface area (Å²) in [6, 6.07) is 9.10. The average Bonchev–Trinajstić information content (AvgIpc) is 2.74. The number of benzene rings is 2. The van der Waals surface area contributed by atoms with Crippen molar-refractivity contribution in [3.05, 3.63) is 47.0 Å². The number of anilines is 3. The van der Waals surface area contributed by atoms with E-state index >= 15 is 0 Å². The summed E-state index contributed by atoms with van der Waals surface area (Å²) in [5, 5.41) is 20.1. The molecule has 0 radical (unpaired) electrons. The second kappa shape index (κ2) is 10.1. The molecule has 2 aromatic rings. The Morgan fingerprint density at radius 2 is 1.97 bits per heavy atom. The van der Waals surface area contributed by atoms with Gasteiger partial charge in [-0.2, -0.15) is 0 Å². The van der Waals surface area contributed by atoms with Crippen molar-refractivity contribution in [3.8, 4) is 5.75 Å². The Balaban J connectivity index is 1.56. The van der Waals surface area contributed by atoms with Crippen molar-refractivity contribution in [1.82, 2.24) is 5.32 Å². The lowest BCUT2D eigenvalue weighted by atomic mass is 10.1. The van der Waals surface area contributed by atoms with Crippen LogP contribution < -0.4 is 26.0 Å². The van der Waals surface area contributed by atoms with Crippen LogP contribution in [0.3, 0.4) is 0 Å². The van der Waals surface area contributed by atoms with Crippen molar-refractivity contribution >= 4 is 46.5 Å². The molecule has 2 aromatic carbocycles. The zero-order chi connectivity index (χ0) is 22.4. The first-order valence-corrected chi connectivity index (χ1v) is 10.1. The topological polar surface area (TPSA) is 129 Å². The standard InChI is InChI=1S/C21H23ClN4O5/c1-2-13(10-27)23-19(28)7-12-3-5-14(6-4-12)24-21(30)26-16-9-18-17(8-15(16)22)25-20(29)11-31-18/h3-6,8-9,13,27H,2,7,10-11H2,1H3,(H,23,28)(H,25,29)(H2,24,26,30)/t13-/m1/s1. The van der Waals surface area contributed by atoms with Gasteiger partial charge in [-0.25, -0.2) is 4.79 Å². The molecule has 164 valence electrons. The van der Waals surface area contributed by atoms with Gasteiger partial charge >= 0.3 is 6.03 Å². The summed E-state index contributed by atoms with van der Waals surface area (Å²) in [6.07, 6.45) is 0.819. The lowest BCUT2D eigenvalue weighted by molar-refractivity contribution is -0.121. The van der Waals surface area contributed by atoms with E-state index in [1.807, 2.05) is 6.92 Å². The summed E-state index contributed by atoms with van der Waals surface area (Å²) >= 11 is 6.18. The van der Waals surface area contributed by atoms with E-state index in [2.05, 4.69) is 21.3 Å². The quantitative estimate of drug-likeness (QED) is 0.446. The fourth-order valence-corrected chi connectivity index (χ4v) is 3.14. The molecule has 1 aliphatic rings. The number of ether oxygens (including phenoxy) is 1. The van der Waals surface area contributed by atoms with Crippen LogP contribution in [-0.2, 0) is 16.0 Å². The fourth-order valence-electron chi connectivity index (χ4n) is 2.93. The van der Waals surface area contributed by atoms with Crippen molar-refractivity contribution in [3.63, 3.8) is 0 Å². The third kappa shape index (κ3) is 6.09. The van der Waals surface area contributed by atoms with Crippen molar-refractivity contribution in [2.24, 2.45) is 0 Å². The van der Waals surface area contributed by atoms with Crippen LogP contribution >= 0.6 is 11.6 Å². The van der Waals surface area contributed by atoms with Crippen LogP contribution in [0.15, 0.2) is 36.4 Å². The number of aliphatic hydroxyl groups excluding tert-OH is 1. The molecule has 0 aliphatic carbocycles. The largest absolute Gasteiger partial charge is 0.482 e. The van der Waals surface area contributed by atoms with Gasteiger partial charge in [0.2, 0.25) is 5.91 Å². The number of urea groups is 1. The van der Waals surface area contributed by atoms with Crippen molar-refractivity contribution < 1.29 is 24.2 Å². The minimum atomic E-state index is -0.513. The monoisotopic (exact) mass is 446 g/mol. The lowest BCUT2D eigenvalue weighted by Crippen LogP contribution is -2.37. The SMILES string of the molecule is CC[C@H](CO)NC(=O)Cc1ccc(NC(=O)Nc2cc3c(cc2Cl)NC(=O)CO3)cc1. The van der Waals surface area contributed by atoms with Crippen LogP contribution in [0.25, 0.3) is 0 Å². The van der Waals surface area contributed by atoms with Gasteiger partial charge in [0.25, 0.3) is 5.91 Å². The maximum absolute atomic E-state index is 12.3. The number of rotatable bonds is 7. The summed E-state index contributed by atoms with van der Waals surface area (Å²) in [6.45, 7) is 1.67. The molecule has 1 atom stereocenters. The Hall–Kier alpha value is -3.30. The van der Waals surface area contributed by atoms with Gasteiger partial charge < -0.3 is 31.1 Å². The van der Waals surface area contributed by atoms with Crippen molar-refractivity contribution in [1.29, 1.82) is 0 Å². The van der Waals surface area contributed by atoms with Gasteiger partial charge in [-0.1, -0.05) is 30.7 Å². The maximum Gasteiger partial charge on any atom is 0.323 e. The number of carbonyl (C=O) groups is 3. The zero-order valence-corrected chi connectivity index (χ0v) is 17.6. The Bertz CT molecular complexity index is 976. The van der Waals surface area contributed by atoms with Crippen LogP contribution in [0.2, 0.25) is 5.02 Å². The molecule has 0 unspecified atom stereocenters. The van der Waals surface area contributed by atoms with Gasteiger partial charge in [0.15, 0.2) is 6.61 Å². The van der Waals surface area contributed by atoms with Gasteiger partial charge in [0.1, 0.15) is 5.75 Å². The summed E-state index contributed by atoms with van der Waals surface area (Å²) in [4.78, 5) is 35.7. The molecular weight excluding hydrogens is 424 g/mol. The number of amides is 4. The zero-order valence-electron chi connectivity index (χ0n) is 16.8. The smallest absolute Gasteiger partial charge is 0.323 e. The molecule has 0 saturated heterocycles. The Labute approximate surface area is 184 Å². The van der Waals surface area contributed by atoms with E-state index in [0.717, 1.165) is 5.56 Å². The third-order valence-electron chi connectivity index (χ3n) is 4.61.